The number of methoxy groups -OCH3 is 1. The Hall–Kier alpha value is -2.53. The zero-order chi connectivity index (χ0) is 17.6. The predicted octanol–water partition coefficient (Wildman–Crippen LogP) is 2.84. The first-order chi connectivity index (χ1) is 12.2. The number of carbonyl (C=O) groups is 1. The lowest BCUT2D eigenvalue weighted by Crippen LogP contribution is -2.52. The summed E-state index contributed by atoms with van der Waals surface area (Å²) in [5.74, 6) is 0.915. The lowest BCUT2D eigenvalue weighted by atomic mass is 10.2. The summed E-state index contributed by atoms with van der Waals surface area (Å²) in [5.41, 5.74) is 2.04. The minimum absolute atomic E-state index is 0.0455. The SMILES string of the molecule is COc1ccc(N2CCN([C@@H](C)C(=O)Nc3ccccc3)CC2)cc1. The summed E-state index contributed by atoms with van der Waals surface area (Å²) < 4.78 is 5.21. The van der Waals surface area contributed by atoms with Crippen molar-refractivity contribution in [2.45, 2.75) is 13.0 Å². The molecule has 3 rings (SSSR count). The molecule has 0 aliphatic carbocycles. The topological polar surface area (TPSA) is 44.8 Å². The van der Waals surface area contributed by atoms with Crippen molar-refractivity contribution in [3.05, 3.63) is 54.6 Å². The summed E-state index contributed by atoms with van der Waals surface area (Å²) in [7, 11) is 1.68. The summed E-state index contributed by atoms with van der Waals surface area (Å²) >= 11 is 0. The van der Waals surface area contributed by atoms with Crippen molar-refractivity contribution in [1.82, 2.24) is 4.90 Å². The fourth-order valence-electron chi connectivity index (χ4n) is 3.09. The number of hydrogen-bond donors (Lipinski definition) is 1. The van der Waals surface area contributed by atoms with Gasteiger partial charge in [-0.15, -0.1) is 0 Å². The second-order valence-corrected chi connectivity index (χ2v) is 6.25. The van der Waals surface area contributed by atoms with Crippen LogP contribution in [0.3, 0.4) is 0 Å². The maximum atomic E-state index is 12.5. The van der Waals surface area contributed by atoms with E-state index in [2.05, 4.69) is 27.2 Å². The van der Waals surface area contributed by atoms with Crippen LogP contribution in [0.15, 0.2) is 54.6 Å². The number of piperazine rings is 1. The van der Waals surface area contributed by atoms with Gasteiger partial charge in [-0.1, -0.05) is 18.2 Å². The minimum Gasteiger partial charge on any atom is -0.497 e. The monoisotopic (exact) mass is 339 g/mol. The van der Waals surface area contributed by atoms with Crippen molar-refractivity contribution in [2.75, 3.05) is 43.5 Å². The van der Waals surface area contributed by atoms with Crippen LogP contribution in [0.1, 0.15) is 6.92 Å². The van der Waals surface area contributed by atoms with E-state index in [1.54, 1.807) is 7.11 Å². The highest BCUT2D eigenvalue weighted by atomic mass is 16.5. The Morgan fingerprint density at radius 1 is 1.00 bits per heavy atom. The first kappa shape index (κ1) is 17.3. The molecular formula is C20H25N3O2. The fraction of sp³-hybridized carbons (Fsp3) is 0.350. The summed E-state index contributed by atoms with van der Waals surface area (Å²) in [6.45, 7) is 5.54. The number of ether oxygens (including phenoxy) is 1. The van der Waals surface area contributed by atoms with Gasteiger partial charge in [0.15, 0.2) is 0 Å². The van der Waals surface area contributed by atoms with Crippen LogP contribution in [-0.4, -0.2) is 50.1 Å². The van der Waals surface area contributed by atoms with Crippen LogP contribution in [0.2, 0.25) is 0 Å². The maximum Gasteiger partial charge on any atom is 0.241 e. The number of carbonyl (C=O) groups excluding carboxylic acids is 1. The number of amides is 1. The number of benzene rings is 2. The minimum atomic E-state index is -0.141. The van der Waals surface area contributed by atoms with E-state index >= 15 is 0 Å². The summed E-state index contributed by atoms with van der Waals surface area (Å²) in [6.07, 6.45) is 0. The van der Waals surface area contributed by atoms with E-state index in [-0.39, 0.29) is 11.9 Å². The zero-order valence-electron chi connectivity index (χ0n) is 14.8. The van der Waals surface area contributed by atoms with E-state index < -0.39 is 0 Å². The normalized spacial score (nSPS) is 16.3. The van der Waals surface area contributed by atoms with Crippen LogP contribution in [0, 0.1) is 0 Å². The number of para-hydroxylation sites is 1. The van der Waals surface area contributed by atoms with Crippen LogP contribution in [-0.2, 0) is 4.79 Å². The van der Waals surface area contributed by atoms with E-state index in [0.717, 1.165) is 37.6 Å². The van der Waals surface area contributed by atoms with Crippen molar-refractivity contribution >= 4 is 17.3 Å². The molecular weight excluding hydrogens is 314 g/mol. The van der Waals surface area contributed by atoms with Gasteiger partial charge in [0.05, 0.1) is 13.2 Å². The molecule has 0 radical (unpaired) electrons. The lowest BCUT2D eigenvalue weighted by Gasteiger charge is -2.38. The van der Waals surface area contributed by atoms with Gasteiger partial charge >= 0.3 is 0 Å². The van der Waals surface area contributed by atoms with Gasteiger partial charge in [-0.25, -0.2) is 0 Å². The molecule has 132 valence electrons. The summed E-state index contributed by atoms with van der Waals surface area (Å²) in [4.78, 5) is 17.0. The van der Waals surface area contributed by atoms with E-state index in [9.17, 15) is 4.79 Å². The van der Waals surface area contributed by atoms with Crippen LogP contribution in [0.5, 0.6) is 5.75 Å². The van der Waals surface area contributed by atoms with E-state index in [1.807, 2.05) is 49.4 Å². The average molecular weight is 339 g/mol. The van der Waals surface area contributed by atoms with Gasteiger partial charge in [0.2, 0.25) is 5.91 Å². The Balaban J connectivity index is 1.53. The van der Waals surface area contributed by atoms with Crippen molar-refractivity contribution in [2.24, 2.45) is 0 Å². The van der Waals surface area contributed by atoms with Gasteiger partial charge in [-0.05, 0) is 43.3 Å². The Labute approximate surface area is 149 Å². The molecule has 0 aromatic heterocycles. The molecule has 1 fully saturated rings. The van der Waals surface area contributed by atoms with Crippen LogP contribution >= 0.6 is 0 Å². The van der Waals surface area contributed by atoms with Gasteiger partial charge in [0.1, 0.15) is 5.75 Å². The zero-order valence-corrected chi connectivity index (χ0v) is 14.8. The third-order valence-corrected chi connectivity index (χ3v) is 4.72. The molecule has 0 spiro atoms. The highest BCUT2D eigenvalue weighted by Crippen LogP contribution is 2.21. The first-order valence-corrected chi connectivity index (χ1v) is 8.66. The smallest absolute Gasteiger partial charge is 0.241 e. The average Bonchev–Trinajstić information content (AvgIpc) is 2.68. The molecule has 0 unspecified atom stereocenters. The van der Waals surface area contributed by atoms with Crippen LogP contribution in [0.25, 0.3) is 0 Å². The summed E-state index contributed by atoms with van der Waals surface area (Å²) in [5, 5.41) is 2.99. The molecule has 2 aromatic rings. The number of nitrogens with zero attached hydrogens (tertiary/aromatic N) is 2. The summed E-state index contributed by atoms with van der Waals surface area (Å²) in [6, 6.07) is 17.6. The standard InChI is InChI=1S/C20H25N3O2/c1-16(20(24)21-17-6-4-3-5-7-17)22-12-14-23(15-13-22)18-8-10-19(25-2)11-9-18/h3-11,16H,12-15H2,1-2H3,(H,21,24)/t16-/m0/s1. The Morgan fingerprint density at radius 2 is 1.64 bits per heavy atom. The van der Waals surface area contributed by atoms with Gasteiger partial charge in [-0.3, -0.25) is 9.69 Å². The van der Waals surface area contributed by atoms with Crippen molar-refractivity contribution < 1.29 is 9.53 Å². The molecule has 5 nitrogen and oxygen atoms in total. The largest absolute Gasteiger partial charge is 0.497 e. The second-order valence-electron chi connectivity index (χ2n) is 6.25. The van der Waals surface area contributed by atoms with Gasteiger partial charge < -0.3 is 15.0 Å². The fourth-order valence-corrected chi connectivity index (χ4v) is 3.09. The molecule has 25 heavy (non-hydrogen) atoms. The third kappa shape index (κ3) is 4.31. The van der Waals surface area contributed by atoms with Crippen molar-refractivity contribution in [3.63, 3.8) is 0 Å². The molecule has 1 heterocycles. The van der Waals surface area contributed by atoms with Crippen molar-refractivity contribution in [1.29, 1.82) is 0 Å². The molecule has 1 saturated heterocycles. The van der Waals surface area contributed by atoms with Crippen LogP contribution < -0.4 is 15.0 Å². The quantitative estimate of drug-likeness (QED) is 0.910. The Kier molecular flexibility index (Phi) is 5.56. The Morgan fingerprint density at radius 3 is 2.24 bits per heavy atom. The predicted molar refractivity (Wildman–Crippen MR) is 101 cm³/mol. The third-order valence-electron chi connectivity index (χ3n) is 4.72. The second kappa shape index (κ2) is 8.03. The maximum absolute atomic E-state index is 12.5. The number of nitrogens with one attached hydrogen (secondary N) is 1. The van der Waals surface area contributed by atoms with E-state index in [4.69, 9.17) is 4.74 Å². The highest BCUT2D eigenvalue weighted by molar-refractivity contribution is 5.94. The first-order valence-electron chi connectivity index (χ1n) is 8.66. The molecule has 5 heteroatoms. The Bertz CT molecular complexity index is 680. The van der Waals surface area contributed by atoms with Crippen LogP contribution in [0.4, 0.5) is 11.4 Å². The van der Waals surface area contributed by atoms with Crippen molar-refractivity contribution in [3.8, 4) is 5.75 Å². The van der Waals surface area contributed by atoms with Gasteiger partial charge in [0.25, 0.3) is 0 Å². The molecule has 1 aliphatic heterocycles. The molecule has 1 amide bonds. The number of rotatable bonds is 5. The number of hydrogen-bond acceptors (Lipinski definition) is 4. The van der Waals surface area contributed by atoms with E-state index in [0.29, 0.717) is 0 Å². The lowest BCUT2D eigenvalue weighted by molar-refractivity contribution is -0.120. The molecule has 2 aromatic carbocycles. The van der Waals surface area contributed by atoms with Gasteiger partial charge in [-0.2, -0.15) is 0 Å². The molecule has 0 saturated carbocycles. The molecule has 0 bridgehead atoms. The molecule has 1 aliphatic rings. The highest BCUT2D eigenvalue weighted by Gasteiger charge is 2.25. The molecule has 1 atom stereocenters. The molecule has 1 N–H and O–H groups in total. The van der Waals surface area contributed by atoms with Gasteiger partial charge in [0, 0.05) is 37.6 Å². The van der Waals surface area contributed by atoms with E-state index in [1.165, 1.54) is 5.69 Å². The number of anilines is 2.